The van der Waals surface area contributed by atoms with E-state index in [1.807, 2.05) is 54.6 Å². The predicted molar refractivity (Wildman–Crippen MR) is 129 cm³/mol. The summed E-state index contributed by atoms with van der Waals surface area (Å²) in [5, 5.41) is 0.463. The summed E-state index contributed by atoms with van der Waals surface area (Å²) in [6.07, 6.45) is 1.70. The zero-order valence-electron chi connectivity index (χ0n) is 18.9. The molecule has 2 unspecified atom stereocenters. The molecular weight excluding hydrogens is 455 g/mol. The maximum absolute atomic E-state index is 17.0. The SMILES string of the molecule is CCOC(=O)C(F)(C(C=O)c1ccc(Cl)cc1)C1(Cc2cccc(Oc3ccccc3)c2)CC1. The fraction of sp³-hybridized carbons (Fsp3) is 0.286. The molecule has 0 amide bonds. The Balaban J connectivity index is 1.67. The molecule has 6 heteroatoms. The lowest BCUT2D eigenvalue weighted by Crippen LogP contribution is -2.51. The van der Waals surface area contributed by atoms with Crippen LogP contribution in [0.15, 0.2) is 78.9 Å². The number of ether oxygens (including phenoxy) is 2. The molecule has 0 saturated heterocycles. The number of rotatable bonds is 10. The van der Waals surface area contributed by atoms with E-state index in [0.29, 0.717) is 41.2 Å². The highest BCUT2D eigenvalue weighted by atomic mass is 35.5. The van der Waals surface area contributed by atoms with E-state index >= 15 is 4.39 Å². The van der Waals surface area contributed by atoms with Gasteiger partial charge in [-0.15, -0.1) is 0 Å². The second kappa shape index (κ2) is 9.98. The van der Waals surface area contributed by atoms with E-state index < -0.39 is 23.0 Å². The number of esters is 1. The third-order valence-corrected chi connectivity index (χ3v) is 6.66. The zero-order valence-corrected chi connectivity index (χ0v) is 19.6. The van der Waals surface area contributed by atoms with Crippen LogP contribution in [0.25, 0.3) is 0 Å². The van der Waals surface area contributed by atoms with Gasteiger partial charge in [-0.3, -0.25) is 0 Å². The van der Waals surface area contributed by atoms with Gasteiger partial charge in [0.25, 0.3) is 0 Å². The highest BCUT2D eigenvalue weighted by Crippen LogP contribution is 2.62. The average molecular weight is 481 g/mol. The molecule has 0 radical (unpaired) electrons. The number of carbonyl (C=O) groups is 2. The van der Waals surface area contributed by atoms with Gasteiger partial charge in [-0.2, -0.15) is 0 Å². The zero-order chi connectivity index (χ0) is 24.2. The molecule has 1 saturated carbocycles. The van der Waals surface area contributed by atoms with Gasteiger partial charge >= 0.3 is 5.97 Å². The summed E-state index contributed by atoms with van der Waals surface area (Å²) in [4.78, 5) is 25.3. The normalized spacial score (nSPS) is 16.7. The first-order valence-electron chi connectivity index (χ1n) is 11.3. The van der Waals surface area contributed by atoms with Crippen molar-refractivity contribution in [3.05, 3.63) is 95.0 Å². The number of para-hydroxylation sites is 1. The van der Waals surface area contributed by atoms with Crippen molar-refractivity contribution in [3.8, 4) is 11.5 Å². The Hall–Kier alpha value is -3.18. The third-order valence-electron chi connectivity index (χ3n) is 6.41. The van der Waals surface area contributed by atoms with Crippen molar-refractivity contribution in [1.29, 1.82) is 0 Å². The minimum Gasteiger partial charge on any atom is -0.464 e. The van der Waals surface area contributed by atoms with Crippen molar-refractivity contribution in [2.45, 2.75) is 37.8 Å². The molecule has 2 atom stereocenters. The molecule has 176 valence electrons. The molecule has 34 heavy (non-hydrogen) atoms. The van der Waals surface area contributed by atoms with Gasteiger partial charge in [-0.05, 0) is 73.7 Å². The quantitative estimate of drug-likeness (QED) is 0.239. The second-order valence-corrected chi connectivity index (χ2v) is 9.05. The summed E-state index contributed by atoms with van der Waals surface area (Å²) in [5.74, 6) is -1.01. The van der Waals surface area contributed by atoms with Gasteiger partial charge in [-0.1, -0.05) is 54.1 Å². The summed E-state index contributed by atoms with van der Waals surface area (Å²) in [6.45, 7) is 1.65. The highest BCUT2D eigenvalue weighted by molar-refractivity contribution is 6.30. The van der Waals surface area contributed by atoms with Gasteiger partial charge in [0.1, 0.15) is 17.8 Å². The van der Waals surface area contributed by atoms with Crippen LogP contribution in [0.3, 0.4) is 0 Å². The Kier molecular flexibility index (Phi) is 7.03. The molecule has 0 spiro atoms. The van der Waals surface area contributed by atoms with Crippen LogP contribution in [0.1, 0.15) is 36.8 Å². The Labute approximate surface area is 203 Å². The van der Waals surface area contributed by atoms with E-state index in [-0.39, 0.29) is 13.0 Å². The first-order valence-corrected chi connectivity index (χ1v) is 11.7. The Morgan fingerprint density at radius 1 is 1.06 bits per heavy atom. The number of hydrogen-bond acceptors (Lipinski definition) is 4. The fourth-order valence-corrected chi connectivity index (χ4v) is 4.66. The van der Waals surface area contributed by atoms with E-state index in [4.69, 9.17) is 21.1 Å². The summed E-state index contributed by atoms with van der Waals surface area (Å²) in [7, 11) is 0. The second-order valence-electron chi connectivity index (χ2n) is 8.62. The van der Waals surface area contributed by atoms with Gasteiger partial charge < -0.3 is 14.3 Å². The van der Waals surface area contributed by atoms with Crippen molar-refractivity contribution in [2.24, 2.45) is 5.41 Å². The number of benzene rings is 3. The topological polar surface area (TPSA) is 52.6 Å². The molecule has 4 nitrogen and oxygen atoms in total. The lowest BCUT2D eigenvalue weighted by molar-refractivity contribution is -0.166. The van der Waals surface area contributed by atoms with Crippen LogP contribution in [0.4, 0.5) is 4.39 Å². The van der Waals surface area contributed by atoms with Gasteiger partial charge in [0, 0.05) is 10.4 Å². The summed E-state index contributed by atoms with van der Waals surface area (Å²) in [6, 6.07) is 23.1. The van der Waals surface area contributed by atoms with E-state index in [2.05, 4.69) is 0 Å². The third kappa shape index (κ3) is 4.71. The van der Waals surface area contributed by atoms with Crippen molar-refractivity contribution in [2.75, 3.05) is 6.61 Å². The maximum Gasteiger partial charge on any atom is 0.345 e. The Bertz CT molecular complexity index is 1140. The van der Waals surface area contributed by atoms with Crippen LogP contribution in [0, 0.1) is 5.41 Å². The lowest BCUT2D eigenvalue weighted by Gasteiger charge is -2.36. The van der Waals surface area contributed by atoms with E-state index in [1.54, 1.807) is 31.2 Å². The Morgan fingerprint density at radius 3 is 2.35 bits per heavy atom. The molecule has 3 aromatic rings. The fourth-order valence-electron chi connectivity index (χ4n) is 4.54. The van der Waals surface area contributed by atoms with Crippen molar-refractivity contribution in [3.63, 3.8) is 0 Å². The average Bonchev–Trinajstić information content (AvgIpc) is 3.62. The minimum absolute atomic E-state index is 0.0210. The molecule has 0 bridgehead atoms. The lowest BCUT2D eigenvalue weighted by atomic mass is 9.71. The molecule has 1 aliphatic carbocycles. The molecule has 0 N–H and O–H groups in total. The van der Waals surface area contributed by atoms with Crippen LogP contribution in [-0.2, 0) is 20.7 Å². The van der Waals surface area contributed by atoms with Gasteiger partial charge in [0.2, 0.25) is 5.67 Å². The van der Waals surface area contributed by atoms with E-state index in [0.717, 1.165) is 5.56 Å². The van der Waals surface area contributed by atoms with Crippen molar-refractivity contribution < 1.29 is 23.5 Å². The predicted octanol–water partition coefficient (Wildman–Crippen LogP) is 6.71. The smallest absolute Gasteiger partial charge is 0.345 e. The molecule has 4 rings (SSSR count). The van der Waals surface area contributed by atoms with Crippen LogP contribution in [0.2, 0.25) is 5.02 Å². The molecule has 0 aromatic heterocycles. The van der Waals surface area contributed by atoms with E-state index in [9.17, 15) is 9.59 Å². The number of hydrogen-bond donors (Lipinski definition) is 0. The standard InChI is InChI=1S/C28H26ClFO4/c1-2-33-26(32)28(30,25(19-31)21-11-13-22(29)14-12-21)27(15-16-27)18-20-7-6-10-24(17-20)34-23-8-4-3-5-9-23/h3-14,17,19,25H,2,15-16,18H2,1H3. The molecule has 3 aromatic carbocycles. The van der Waals surface area contributed by atoms with Crippen LogP contribution in [0.5, 0.6) is 11.5 Å². The van der Waals surface area contributed by atoms with E-state index in [1.165, 1.54) is 0 Å². The van der Waals surface area contributed by atoms with Crippen molar-refractivity contribution >= 4 is 23.9 Å². The maximum atomic E-state index is 17.0. The molecule has 1 fully saturated rings. The van der Waals surface area contributed by atoms with Gasteiger partial charge in [0.05, 0.1) is 12.5 Å². The van der Waals surface area contributed by atoms with Gasteiger partial charge in [-0.25, -0.2) is 9.18 Å². The Morgan fingerprint density at radius 2 is 1.74 bits per heavy atom. The number of carbonyl (C=O) groups excluding carboxylic acids is 2. The van der Waals surface area contributed by atoms with Crippen LogP contribution in [-0.4, -0.2) is 24.5 Å². The summed E-state index contributed by atoms with van der Waals surface area (Å²) < 4.78 is 28.1. The molecule has 0 heterocycles. The minimum atomic E-state index is -2.52. The van der Waals surface area contributed by atoms with Gasteiger partial charge in [0.15, 0.2) is 0 Å². The molecule has 1 aliphatic rings. The first kappa shape index (κ1) is 24.0. The highest BCUT2D eigenvalue weighted by Gasteiger charge is 2.68. The number of aldehydes is 1. The summed E-state index contributed by atoms with van der Waals surface area (Å²) in [5.41, 5.74) is -2.37. The number of halogens is 2. The van der Waals surface area contributed by atoms with Crippen molar-refractivity contribution in [1.82, 2.24) is 0 Å². The molecular formula is C28H26ClFO4. The monoisotopic (exact) mass is 480 g/mol. The largest absolute Gasteiger partial charge is 0.464 e. The van der Waals surface area contributed by atoms with Crippen LogP contribution < -0.4 is 4.74 Å². The number of alkyl halides is 1. The summed E-state index contributed by atoms with van der Waals surface area (Å²) >= 11 is 5.98. The first-order chi connectivity index (χ1) is 16.4. The molecule has 0 aliphatic heterocycles. The van der Waals surface area contributed by atoms with Crippen LogP contribution >= 0.6 is 11.6 Å².